The molecule has 3 aliphatic rings. The van der Waals surface area contributed by atoms with Gasteiger partial charge in [-0.2, -0.15) is 4.31 Å². The van der Waals surface area contributed by atoms with Gasteiger partial charge in [-0.1, -0.05) is 23.3 Å². The third kappa shape index (κ3) is 2.25. The molecule has 3 fully saturated rings. The minimum absolute atomic E-state index is 0.192. The van der Waals surface area contributed by atoms with Gasteiger partial charge in [0.25, 0.3) is 0 Å². The van der Waals surface area contributed by atoms with Gasteiger partial charge in [0.1, 0.15) is 0 Å². The second kappa shape index (κ2) is 4.68. The predicted octanol–water partition coefficient (Wildman–Crippen LogP) is 3.40. The second-order valence-electron chi connectivity index (χ2n) is 6.65. The molecule has 1 saturated carbocycles. The molecule has 0 aromatic heterocycles. The number of allylic oxidation sites excluding steroid dienone is 1. The quantitative estimate of drug-likeness (QED) is 0.785. The van der Waals surface area contributed by atoms with E-state index in [2.05, 4.69) is 0 Å². The van der Waals surface area contributed by atoms with Crippen LogP contribution in [0.15, 0.2) is 40.3 Å². The van der Waals surface area contributed by atoms with E-state index in [1.165, 1.54) is 12.8 Å². The number of sulfonamides is 1. The fraction of sp³-hybridized carbons (Fsp3) is 0.529. The van der Waals surface area contributed by atoms with Crippen molar-refractivity contribution in [3.63, 3.8) is 0 Å². The van der Waals surface area contributed by atoms with E-state index in [9.17, 15) is 8.42 Å². The molecule has 2 heterocycles. The molecule has 2 bridgehead atoms. The van der Waals surface area contributed by atoms with Gasteiger partial charge in [0.2, 0.25) is 10.0 Å². The average molecular weight is 303 g/mol. The van der Waals surface area contributed by atoms with E-state index < -0.39 is 10.0 Å². The van der Waals surface area contributed by atoms with Crippen molar-refractivity contribution >= 4 is 10.0 Å². The molecule has 2 atom stereocenters. The number of nitrogens with zero attached hydrogens (tertiary/aromatic N) is 1. The topological polar surface area (TPSA) is 37.4 Å². The Kier molecular flexibility index (Phi) is 3.02. The highest BCUT2D eigenvalue weighted by atomic mass is 32.2. The van der Waals surface area contributed by atoms with Crippen LogP contribution in [0.25, 0.3) is 0 Å². The van der Waals surface area contributed by atoms with E-state index in [0.29, 0.717) is 4.90 Å². The van der Waals surface area contributed by atoms with Crippen LogP contribution in [-0.2, 0) is 10.0 Å². The molecule has 4 heteroatoms. The molecular weight excluding hydrogens is 282 g/mol. The first-order valence-corrected chi connectivity index (χ1v) is 9.30. The van der Waals surface area contributed by atoms with E-state index in [4.69, 9.17) is 0 Å². The molecule has 1 aromatic carbocycles. The fourth-order valence-corrected chi connectivity index (χ4v) is 5.94. The molecule has 21 heavy (non-hydrogen) atoms. The highest BCUT2D eigenvalue weighted by molar-refractivity contribution is 7.89. The number of fused-ring (bicyclic) bond motifs is 2. The molecule has 2 saturated heterocycles. The van der Waals surface area contributed by atoms with Gasteiger partial charge in [0, 0.05) is 12.1 Å². The van der Waals surface area contributed by atoms with E-state index in [1.807, 2.05) is 23.4 Å². The van der Waals surface area contributed by atoms with Crippen LogP contribution >= 0.6 is 0 Å². The maximum absolute atomic E-state index is 13.0. The lowest BCUT2D eigenvalue weighted by atomic mass is 9.98. The first kappa shape index (κ1) is 13.5. The molecular formula is C17H21NO2S. The van der Waals surface area contributed by atoms with Crippen LogP contribution in [-0.4, -0.2) is 24.8 Å². The van der Waals surface area contributed by atoms with Crippen LogP contribution in [0.2, 0.25) is 0 Å². The number of aryl methyl sites for hydroxylation is 1. The second-order valence-corrected chi connectivity index (χ2v) is 8.49. The van der Waals surface area contributed by atoms with Gasteiger partial charge in [-0.15, -0.1) is 0 Å². The van der Waals surface area contributed by atoms with Gasteiger partial charge in [-0.25, -0.2) is 8.42 Å². The highest BCUT2D eigenvalue weighted by Gasteiger charge is 2.46. The summed E-state index contributed by atoms with van der Waals surface area (Å²) in [6, 6.07) is 7.69. The summed E-state index contributed by atoms with van der Waals surface area (Å²) in [6.07, 6.45) is 6.48. The zero-order valence-corrected chi connectivity index (χ0v) is 13.2. The van der Waals surface area contributed by atoms with Gasteiger partial charge in [0.15, 0.2) is 0 Å². The van der Waals surface area contributed by atoms with Crippen LogP contribution < -0.4 is 0 Å². The average Bonchev–Trinajstić information content (AvgIpc) is 3.25. The van der Waals surface area contributed by atoms with Gasteiger partial charge >= 0.3 is 0 Å². The minimum atomic E-state index is -3.34. The Bertz CT molecular complexity index is 698. The fourth-order valence-electron chi connectivity index (χ4n) is 3.97. The third-order valence-electron chi connectivity index (χ3n) is 5.08. The predicted molar refractivity (Wildman–Crippen MR) is 82.5 cm³/mol. The van der Waals surface area contributed by atoms with Crippen molar-refractivity contribution in [1.82, 2.24) is 4.31 Å². The normalized spacial score (nSPS) is 29.0. The molecule has 0 amide bonds. The Hall–Kier alpha value is -1.13. The van der Waals surface area contributed by atoms with E-state index in [1.54, 1.807) is 23.3 Å². The van der Waals surface area contributed by atoms with Crippen molar-refractivity contribution in [2.75, 3.05) is 0 Å². The zero-order valence-electron chi connectivity index (χ0n) is 12.4. The van der Waals surface area contributed by atoms with E-state index in [0.717, 1.165) is 31.2 Å². The Morgan fingerprint density at radius 3 is 2.29 bits per heavy atom. The summed E-state index contributed by atoms with van der Waals surface area (Å²) in [5.41, 5.74) is 4.18. The molecule has 3 nitrogen and oxygen atoms in total. The lowest BCUT2D eigenvalue weighted by Crippen LogP contribution is -2.44. The van der Waals surface area contributed by atoms with Gasteiger partial charge in [-0.05, 0) is 63.1 Å². The standard InChI is InChI=1S/C17H21NO2S/c1-12-3-2-4-17(9-12)21(19,20)18-15-7-8-16(18)11-14(10-15)13-5-6-13/h2-4,9,15-16H,5-8,10-11H2,1H3. The summed E-state index contributed by atoms with van der Waals surface area (Å²) >= 11 is 0. The molecule has 4 rings (SSSR count). The lowest BCUT2D eigenvalue weighted by Gasteiger charge is -2.35. The van der Waals surface area contributed by atoms with Crippen molar-refractivity contribution < 1.29 is 8.42 Å². The van der Waals surface area contributed by atoms with Crippen LogP contribution in [0.5, 0.6) is 0 Å². The molecule has 112 valence electrons. The van der Waals surface area contributed by atoms with Crippen molar-refractivity contribution in [3.05, 3.63) is 41.0 Å². The number of hydrogen-bond acceptors (Lipinski definition) is 2. The summed E-state index contributed by atoms with van der Waals surface area (Å²) < 4.78 is 27.8. The molecule has 0 spiro atoms. The summed E-state index contributed by atoms with van der Waals surface area (Å²) in [6.45, 7) is 1.94. The Morgan fingerprint density at radius 1 is 1.05 bits per heavy atom. The van der Waals surface area contributed by atoms with Crippen molar-refractivity contribution in [3.8, 4) is 0 Å². The molecule has 0 radical (unpaired) electrons. The van der Waals surface area contributed by atoms with Crippen molar-refractivity contribution in [2.45, 2.75) is 62.4 Å². The Labute approximate surface area is 126 Å². The molecule has 1 aromatic rings. The molecule has 0 N–H and O–H groups in total. The number of piperidine rings is 1. The van der Waals surface area contributed by atoms with Crippen molar-refractivity contribution in [2.24, 2.45) is 0 Å². The molecule has 2 aliphatic heterocycles. The third-order valence-corrected chi connectivity index (χ3v) is 7.08. The maximum atomic E-state index is 13.0. The molecule has 2 unspecified atom stereocenters. The van der Waals surface area contributed by atoms with Gasteiger partial charge in [0.05, 0.1) is 4.90 Å². The first-order valence-electron chi connectivity index (χ1n) is 7.86. The summed E-state index contributed by atoms with van der Waals surface area (Å²) in [7, 11) is -3.34. The van der Waals surface area contributed by atoms with E-state index >= 15 is 0 Å². The zero-order chi connectivity index (χ0) is 14.6. The largest absolute Gasteiger partial charge is 0.243 e. The number of benzene rings is 1. The summed E-state index contributed by atoms with van der Waals surface area (Å²) in [4.78, 5) is 0.460. The number of hydrogen-bond donors (Lipinski definition) is 0. The highest BCUT2D eigenvalue weighted by Crippen LogP contribution is 2.46. The van der Waals surface area contributed by atoms with Crippen molar-refractivity contribution in [1.29, 1.82) is 0 Å². The van der Waals surface area contributed by atoms with Crippen LogP contribution in [0, 0.1) is 6.92 Å². The van der Waals surface area contributed by atoms with Crippen LogP contribution in [0.4, 0.5) is 0 Å². The minimum Gasteiger partial charge on any atom is -0.207 e. The lowest BCUT2D eigenvalue weighted by molar-refractivity contribution is 0.284. The summed E-state index contributed by atoms with van der Waals surface area (Å²) in [5.74, 6) is 0. The van der Waals surface area contributed by atoms with E-state index in [-0.39, 0.29) is 12.1 Å². The Balaban J connectivity index is 1.69. The van der Waals surface area contributed by atoms with Crippen LogP contribution in [0.1, 0.15) is 44.1 Å². The molecule has 1 aliphatic carbocycles. The van der Waals surface area contributed by atoms with Gasteiger partial charge in [-0.3, -0.25) is 0 Å². The first-order chi connectivity index (χ1) is 10.1. The SMILES string of the molecule is Cc1cccc(S(=O)(=O)N2C3CCC2CC(=C2CC2)C3)c1. The summed E-state index contributed by atoms with van der Waals surface area (Å²) in [5, 5.41) is 0. The van der Waals surface area contributed by atoms with Gasteiger partial charge < -0.3 is 0 Å². The van der Waals surface area contributed by atoms with Crippen LogP contribution in [0.3, 0.4) is 0 Å². The number of rotatable bonds is 2. The smallest absolute Gasteiger partial charge is 0.207 e. The maximum Gasteiger partial charge on any atom is 0.243 e. The monoisotopic (exact) mass is 303 g/mol. The Morgan fingerprint density at radius 2 is 1.71 bits per heavy atom.